The fraction of sp³-hybridized carbons (Fsp3) is 0.500. The Morgan fingerprint density at radius 3 is 2.47 bits per heavy atom. The summed E-state index contributed by atoms with van der Waals surface area (Å²) in [6.07, 6.45) is 0. The van der Waals surface area contributed by atoms with Gasteiger partial charge in [0.25, 0.3) is 0 Å². The van der Waals surface area contributed by atoms with E-state index in [0.29, 0.717) is 24.2 Å². The SMILES string of the molecule is N#Cc1ccc(CN2CCN(CCO)CC2)c(F)c1. The minimum atomic E-state index is -0.308. The molecule has 1 aliphatic rings. The lowest BCUT2D eigenvalue weighted by atomic mass is 10.1. The van der Waals surface area contributed by atoms with Crippen molar-refractivity contribution in [2.45, 2.75) is 6.54 Å². The molecule has 0 bridgehead atoms. The lowest BCUT2D eigenvalue weighted by Gasteiger charge is -2.34. The van der Waals surface area contributed by atoms with Gasteiger partial charge in [0.15, 0.2) is 0 Å². The van der Waals surface area contributed by atoms with Crippen LogP contribution in [0.25, 0.3) is 0 Å². The molecule has 0 aliphatic carbocycles. The van der Waals surface area contributed by atoms with E-state index in [1.165, 1.54) is 6.07 Å². The highest BCUT2D eigenvalue weighted by Crippen LogP contribution is 2.14. The van der Waals surface area contributed by atoms with Gasteiger partial charge < -0.3 is 5.11 Å². The Kier molecular flexibility index (Phi) is 4.86. The maximum absolute atomic E-state index is 13.8. The van der Waals surface area contributed by atoms with Gasteiger partial charge in [-0.3, -0.25) is 9.80 Å². The number of aliphatic hydroxyl groups excluding tert-OH is 1. The molecule has 1 aromatic carbocycles. The molecule has 19 heavy (non-hydrogen) atoms. The molecule has 0 amide bonds. The normalized spacial score (nSPS) is 17.3. The number of nitriles is 1. The van der Waals surface area contributed by atoms with E-state index in [4.69, 9.17) is 10.4 Å². The van der Waals surface area contributed by atoms with Crippen molar-refractivity contribution in [3.63, 3.8) is 0 Å². The number of β-amino-alcohol motifs (C(OH)–C–C–N with tert-alkyl or cyclic N) is 1. The molecule has 2 rings (SSSR count). The highest BCUT2D eigenvalue weighted by atomic mass is 19.1. The summed E-state index contributed by atoms with van der Waals surface area (Å²) in [5.41, 5.74) is 0.989. The molecule has 5 heteroatoms. The summed E-state index contributed by atoms with van der Waals surface area (Å²) in [4.78, 5) is 4.39. The summed E-state index contributed by atoms with van der Waals surface area (Å²) >= 11 is 0. The lowest BCUT2D eigenvalue weighted by molar-refractivity contribution is 0.108. The first-order valence-corrected chi connectivity index (χ1v) is 6.47. The van der Waals surface area contributed by atoms with Crippen LogP contribution in [0.4, 0.5) is 4.39 Å². The van der Waals surface area contributed by atoms with Crippen LogP contribution < -0.4 is 0 Å². The van der Waals surface area contributed by atoms with E-state index in [1.807, 2.05) is 6.07 Å². The maximum Gasteiger partial charge on any atom is 0.129 e. The van der Waals surface area contributed by atoms with Gasteiger partial charge in [0.05, 0.1) is 18.2 Å². The zero-order valence-electron chi connectivity index (χ0n) is 10.8. The monoisotopic (exact) mass is 263 g/mol. The van der Waals surface area contributed by atoms with E-state index in [1.54, 1.807) is 12.1 Å². The van der Waals surface area contributed by atoms with Crippen molar-refractivity contribution < 1.29 is 9.50 Å². The molecule has 0 unspecified atom stereocenters. The number of benzene rings is 1. The largest absolute Gasteiger partial charge is 0.395 e. The second kappa shape index (κ2) is 6.62. The van der Waals surface area contributed by atoms with Crippen LogP contribution in [0.5, 0.6) is 0 Å². The van der Waals surface area contributed by atoms with Gasteiger partial charge in [-0.1, -0.05) is 6.07 Å². The summed E-state index contributed by atoms with van der Waals surface area (Å²) < 4.78 is 13.8. The van der Waals surface area contributed by atoms with Gasteiger partial charge in [0, 0.05) is 44.8 Å². The lowest BCUT2D eigenvalue weighted by Crippen LogP contribution is -2.46. The first-order valence-electron chi connectivity index (χ1n) is 6.47. The van der Waals surface area contributed by atoms with Gasteiger partial charge in [-0.2, -0.15) is 5.26 Å². The molecule has 0 spiro atoms. The van der Waals surface area contributed by atoms with Crippen LogP contribution in [0.2, 0.25) is 0 Å². The summed E-state index contributed by atoms with van der Waals surface area (Å²) in [6.45, 7) is 5.02. The van der Waals surface area contributed by atoms with Crippen molar-refractivity contribution in [3.8, 4) is 6.07 Å². The molecular formula is C14H18FN3O. The quantitative estimate of drug-likeness (QED) is 0.873. The summed E-state index contributed by atoms with van der Waals surface area (Å²) in [5.74, 6) is -0.308. The van der Waals surface area contributed by atoms with Crippen LogP contribution in [0, 0.1) is 17.1 Å². The van der Waals surface area contributed by atoms with E-state index < -0.39 is 0 Å². The number of piperazine rings is 1. The Morgan fingerprint density at radius 2 is 1.89 bits per heavy atom. The Labute approximate surface area is 112 Å². The van der Waals surface area contributed by atoms with E-state index >= 15 is 0 Å². The number of halogens is 1. The molecule has 1 N–H and O–H groups in total. The molecule has 0 radical (unpaired) electrons. The van der Waals surface area contributed by atoms with E-state index in [9.17, 15) is 4.39 Å². The van der Waals surface area contributed by atoms with Gasteiger partial charge in [-0.25, -0.2) is 4.39 Å². The van der Waals surface area contributed by atoms with Crippen molar-refractivity contribution in [1.29, 1.82) is 5.26 Å². The molecule has 0 saturated carbocycles. The molecule has 1 heterocycles. The number of hydrogen-bond donors (Lipinski definition) is 1. The number of rotatable bonds is 4. The molecular weight excluding hydrogens is 245 g/mol. The molecule has 1 saturated heterocycles. The minimum Gasteiger partial charge on any atom is -0.395 e. The maximum atomic E-state index is 13.8. The summed E-state index contributed by atoms with van der Waals surface area (Å²) in [5, 5.41) is 17.6. The van der Waals surface area contributed by atoms with Gasteiger partial charge in [-0.15, -0.1) is 0 Å². The molecule has 1 aromatic rings. The van der Waals surface area contributed by atoms with Crippen LogP contribution in [-0.4, -0.2) is 54.2 Å². The molecule has 0 atom stereocenters. The van der Waals surface area contributed by atoms with Gasteiger partial charge in [0.1, 0.15) is 5.82 Å². The summed E-state index contributed by atoms with van der Waals surface area (Å²) in [7, 11) is 0. The van der Waals surface area contributed by atoms with Crippen LogP contribution in [0.3, 0.4) is 0 Å². The predicted octanol–water partition coefficient (Wildman–Crippen LogP) is 0.807. The Balaban J connectivity index is 1.91. The number of aliphatic hydroxyl groups is 1. The molecule has 1 aliphatic heterocycles. The van der Waals surface area contributed by atoms with E-state index in [0.717, 1.165) is 26.2 Å². The average Bonchev–Trinajstić information content (AvgIpc) is 2.43. The van der Waals surface area contributed by atoms with Crippen LogP contribution in [0.1, 0.15) is 11.1 Å². The van der Waals surface area contributed by atoms with Gasteiger partial charge >= 0.3 is 0 Å². The first-order chi connectivity index (χ1) is 9.22. The third kappa shape index (κ3) is 3.74. The number of nitrogens with zero attached hydrogens (tertiary/aromatic N) is 3. The standard InChI is InChI=1S/C14H18FN3O/c15-14-9-12(10-16)1-2-13(14)11-18-5-3-17(4-6-18)7-8-19/h1-2,9,19H,3-8,11H2. The molecule has 1 fully saturated rings. The summed E-state index contributed by atoms with van der Waals surface area (Å²) in [6, 6.07) is 6.57. The second-order valence-corrected chi connectivity index (χ2v) is 4.76. The van der Waals surface area contributed by atoms with Gasteiger partial charge in [0.2, 0.25) is 0 Å². The third-order valence-corrected chi connectivity index (χ3v) is 3.46. The van der Waals surface area contributed by atoms with Crippen molar-refractivity contribution >= 4 is 0 Å². The minimum absolute atomic E-state index is 0.185. The first kappa shape index (κ1) is 13.9. The highest BCUT2D eigenvalue weighted by molar-refractivity contribution is 5.32. The third-order valence-electron chi connectivity index (χ3n) is 3.46. The van der Waals surface area contributed by atoms with Crippen molar-refractivity contribution in [3.05, 3.63) is 35.1 Å². The zero-order valence-corrected chi connectivity index (χ0v) is 10.8. The van der Waals surface area contributed by atoms with Crippen LogP contribution >= 0.6 is 0 Å². The highest BCUT2D eigenvalue weighted by Gasteiger charge is 2.17. The van der Waals surface area contributed by atoms with E-state index in [2.05, 4.69) is 9.80 Å². The molecule has 0 aromatic heterocycles. The Bertz CT molecular complexity index is 464. The van der Waals surface area contributed by atoms with E-state index in [-0.39, 0.29) is 12.4 Å². The van der Waals surface area contributed by atoms with Crippen LogP contribution in [0.15, 0.2) is 18.2 Å². The Hall–Kier alpha value is -1.48. The smallest absolute Gasteiger partial charge is 0.129 e. The van der Waals surface area contributed by atoms with Crippen molar-refractivity contribution in [2.75, 3.05) is 39.3 Å². The number of hydrogen-bond acceptors (Lipinski definition) is 4. The average molecular weight is 263 g/mol. The fourth-order valence-corrected chi connectivity index (χ4v) is 2.30. The van der Waals surface area contributed by atoms with Gasteiger partial charge in [-0.05, 0) is 12.1 Å². The second-order valence-electron chi connectivity index (χ2n) is 4.76. The predicted molar refractivity (Wildman–Crippen MR) is 69.9 cm³/mol. The van der Waals surface area contributed by atoms with Crippen LogP contribution in [-0.2, 0) is 6.54 Å². The molecule has 102 valence electrons. The fourth-order valence-electron chi connectivity index (χ4n) is 2.30. The Morgan fingerprint density at radius 1 is 1.21 bits per heavy atom. The topological polar surface area (TPSA) is 50.5 Å². The van der Waals surface area contributed by atoms with Crippen molar-refractivity contribution in [2.24, 2.45) is 0 Å². The molecule has 4 nitrogen and oxygen atoms in total. The zero-order chi connectivity index (χ0) is 13.7. The van der Waals surface area contributed by atoms with Crippen molar-refractivity contribution in [1.82, 2.24) is 9.80 Å².